The molecule has 59 heavy (non-hydrogen) atoms. The van der Waals surface area contributed by atoms with Crippen LogP contribution in [-0.2, 0) is 35.7 Å². The molecule has 0 saturated carbocycles. The predicted molar refractivity (Wildman–Crippen MR) is 229 cm³/mol. The maximum atomic E-state index is 14.4. The van der Waals surface area contributed by atoms with E-state index in [1.165, 1.54) is 11.1 Å². The zero-order chi connectivity index (χ0) is 41.7. The Balaban J connectivity index is 1.36. The van der Waals surface area contributed by atoms with E-state index in [9.17, 15) is 8.42 Å². The van der Waals surface area contributed by atoms with Crippen LogP contribution < -0.4 is 33.1 Å². The van der Waals surface area contributed by atoms with Gasteiger partial charge in [0.2, 0.25) is 5.75 Å². The van der Waals surface area contributed by atoms with Crippen molar-refractivity contribution < 1.29 is 36.8 Å². The number of ether oxygens (including phenoxy) is 6. The minimum absolute atomic E-state index is 0.0871. The third-order valence-corrected chi connectivity index (χ3v) is 13.8. The molecule has 6 bridgehead atoms. The fourth-order valence-electron chi connectivity index (χ4n) is 9.22. The Morgan fingerprint density at radius 3 is 1.93 bits per heavy atom. The third-order valence-electron chi connectivity index (χ3n) is 12.1. The molecule has 0 saturated heterocycles. The molecule has 0 unspecified atom stereocenters. The Hall–Kier alpha value is -5.43. The van der Waals surface area contributed by atoms with Crippen molar-refractivity contribution in [2.75, 3.05) is 60.3 Å². The lowest BCUT2D eigenvalue weighted by Gasteiger charge is -2.37. The molecule has 2 atom stereocenters. The summed E-state index contributed by atoms with van der Waals surface area (Å²) in [4.78, 5) is 4.91. The minimum Gasteiger partial charge on any atom is -0.493 e. The second-order valence-electron chi connectivity index (χ2n) is 16.0. The van der Waals surface area contributed by atoms with Gasteiger partial charge in [0.1, 0.15) is 5.75 Å². The largest absolute Gasteiger partial charge is 0.493 e. The van der Waals surface area contributed by atoms with E-state index in [1.54, 1.807) is 34.5 Å². The van der Waals surface area contributed by atoms with E-state index in [0.717, 1.165) is 54.6 Å². The highest BCUT2D eigenvalue weighted by atomic mass is 32.2. The number of nitrogens with one attached hydrogen (secondary N) is 1. The number of sulfonamides is 1. The van der Waals surface area contributed by atoms with Crippen LogP contribution >= 0.6 is 0 Å². The second kappa shape index (κ2) is 16.0. The van der Waals surface area contributed by atoms with Crippen molar-refractivity contribution >= 4 is 15.7 Å². The van der Waals surface area contributed by atoms with Crippen LogP contribution in [0.4, 0.5) is 5.69 Å². The van der Waals surface area contributed by atoms with Gasteiger partial charge in [0.25, 0.3) is 10.0 Å². The molecule has 4 heterocycles. The standard InChI is InChI=1S/C47H53N3O8S/c1-27-18-28(2)47(29(3)19-27)59(51,52)48-36-26-40(54-7)41-24-33(36)21-38-44-32(15-17-50(38)5)23-43(55-8)45(56-9)46(44)58-42-25-35-31(22-39(42)53-6)14-16-49(4)37(35)20-30-10-12-34(57-41)13-11-30/h10-13,18-19,22-26,37-38,48H,14-17,20-21H2,1-9H3/t37-,38-/m0/s1. The highest BCUT2D eigenvalue weighted by molar-refractivity contribution is 7.92. The molecule has 0 aliphatic carbocycles. The summed E-state index contributed by atoms with van der Waals surface area (Å²) in [6.07, 6.45) is 2.74. The first kappa shape index (κ1) is 40.4. The van der Waals surface area contributed by atoms with E-state index in [-0.39, 0.29) is 17.0 Å². The van der Waals surface area contributed by atoms with Crippen LogP contribution in [0.25, 0.3) is 0 Å². The number of likely N-dealkylation sites (N-methyl/N-ethyl adjacent to an activating group) is 2. The Kier molecular flexibility index (Phi) is 10.9. The van der Waals surface area contributed by atoms with E-state index in [1.807, 2.05) is 57.2 Å². The van der Waals surface area contributed by atoms with Gasteiger partial charge in [0.15, 0.2) is 34.5 Å². The summed E-state index contributed by atoms with van der Waals surface area (Å²) in [6.45, 7) is 7.25. The van der Waals surface area contributed by atoms with E-state index in [0.29, 0.717) is 74.8 Å². The molecule has 4 aliphatic heterocycles. The SMILES string of the molecule is COc1cc(NS(=O)(=O)c2c(C)cc(C)cc2C)c2cc1Oc1ccc(cc1)C[C@H]1c3cc(c(OC)cc3CCN1C)Oc1c(OC)c(OC)cc3c1[C@H](C2)N(C)CC3. The Bertz CT molecular complexity index is 2520. The van der Waals surface area contributed by atoms with Crippen LogP contribution in [-0.4, -0.2) is 73.8 Å². The molecule has 0 fully saturated rings. The molecule has 12 heteroatoms. The summed E-state index contributed by atoms with van der Waals surface area (Å²) in [5, 5.41) is 0. The fourth-order valence-corrected chi connectivity index (χ4v) is 10.8. The van der Waals surface area contributed by atoms with Crippen molar-refractivity contribution in [3.05, 3.63) is 117 Å². The Morgan fingerprint density at radius 1 is 0.661 bits per heavy atom. The summed E-state index contributed by atoms with van der Waals surface area (Å²) < 4.78 is 69.5. The van der Waals surface area contributed by atoms with E-state index >= 15 is 0 Å². The van der Waals surface area contributed by atoms with Crippen molar-refractivity contribution in [1.29, 1.82) is 0 Å². The number of nitrogens with zero attached hydrogens (tertiary/aromatic N) is 2. The number of anilines is 1. The lowest BCUT2D eigenvalue weighted by atomic mass is 9.87. The number of aryl methyl sites for hydroxylation is 3. The van der Waals surface area contributed by atoms with Crippen molar-refractivity contribution in [3.8, 4) is 46.0 Å². The smallest absolute Gasteiger partial charge is 0.262 e. The van der Waals surface area contributed by atoms with Crippen LogP contribution in [0.15, 0.2) is 71.6 Å². The number of hydrogen-bond donors (Lipinski definition) is 1. The number of hydrogen-bond acceptors (Lipinski definition) is 10. The lowest BCUT2D eigenvalue weighted by molar-refractivity contribution is 0.220. The van der Waals surface area contributed by atoms with Gasteiger partial charge in [0, 0.05) is 36.8 Å². The molecule has 9 rings (SSSR count). The first-order valence-electron chi connectivity index (χ1n) is 20.0. The average molecular weight is 820 g/mol. The lowest BCUT2D eigenvalue weighted by Crippen LogP contribution is -2.34. The average Bonchev–Trinajstić information content (AvgIpc) is 3.20. The highest BCUT2D eigenvalue weighted by Gasteiger charge is 2.36. The zero-order valence-electron chi connectivity index (χ0n) is 35.3. The molecule has 0 aromatic heterocycles. The normalized spacial score (nSPS) is 17.8. The zero-order valence-corrected chi connectivity index (χ0v) is 36.1. The first-order chi connectivity index (χ1) is 28.3. The topological polar surface area (TPSA) is 108 Å². The predicted octanol–water partition coefficient (Wildman–Crippen LogP) is 8.89. The third kappa shape index (κ3) is 7.54. The van der Waals surface area contributed by atoms with Gasteiger partial charge in [0.05, 0.1) is 39.0 Å². The molecular weight excluding hydrogens is 767 g/mol. The molecule has 310 valence electrons. The first-order valence-corrected chi connectivity index (χ1v) is 21.5. The van der Waals surface area contributed by atoms with Gasteiger partial charge in [-0.15, -0.1) is 0 Å². The summed E-state index contributed by atoms with van der Waals surface area (Å²) in [6, 6.07) is 21.6. The molecule has 11 nitrogen and oxygen atoms in total. The second-order valence-corrected chi connectivity index (χ2v) is 17.6. The molecule has 0 amide bonds. The molecule has 5 aromatic carbocycles. The van der Waals surface area contributed by atoms with Crippen molar-refractivity contribution in [2.24, 2.45) is 0 Å². The van der Waals surface area contributed by atoms with Crippen LogP contribution in [0.5, 0.6) is 46.0 Å². The number of fused-ring (bicyclic) bond motifs is 2. The summed E-state index contributed by atoms with van der Waals surface area (Å²) in [7, 11) is 6.66. The van der Waals surface area contributed by atoms with Crippen LogP contribution in [0.3, 0.4) is 0 Å². The van der Waals surface area contributed by atoms with Crippen molar-refractivity contribution in [2.45, 2.75) is 63.4 Å². The highest BCUT2D eigenvalue weighted by Crippen LogP contribution is 2.52. The maximum absolute atomic E-state index is 14.4. The molecule has 1 N–H and O–H groups in total. The minimum atomic E-state index is -4.05. The van der Waals surface area contributed by atoms with Gasteiger partial charge in [-0.1, -0.05) is 29.8 Å². The van der Waals surface area contributed by atoms with Crippen LogP contribution in [0.1, 0.15) is 62.2 Å². The van der Waals surface area contributed by atoms with Crippen molar-refractivity contribution in [1.82, 2.24) is 9.80 Å². The van der Waals surface area contributed by atoms with E-state index in [2.05, 4.69) is 52.9 Å². The maximum Gasteiger partial charge on any atom is 0.262 e. The number of rotatable bonds is 7. The van der Waals surface area contributed by atoms with Gasteiger partial charge >= 0.3 is 0 Å². The van der Waals surface area contributed by atoms with Gasteiger partial charge in [-0.05, 0) is 136 Å². The van der Waals surface area contributed by atoms with E-state index in [4.69, 9.17) is 28.4 Å². The summed E-state index contributed by atoms with van der Waals surface area (Å²) in [5.74, 6) is 4.21. The molecule has 4 aliphatic rings. The molecule has 0 spiro atoms. The van der Waals surface area contributed by atoms with Crippen LogP contribution in [0.2, 0.25) is 0 Å². The van der Waals surface area contributed by atoms with Gasteiger partial charge in [-0.25, -0.2) is 8.42 Å². The molecular formula is C47H53N3O8S. The van der Waals surface area contributed by atoms with Gasteiger partial charge in [-0.2, -0.15) is 0 Å². The Labute approximate surface area is 347 Å². The van der Waals surface area contributed by atoms with E-state index < -0.39 is 10.0 Å². The number of benzene rings is 5. The fraction of sp³-hybridized carbons (Fsp3) is 0.362. The van der Waals surface area contributed by atoms with Crippen LogP contribution in [0, 0.1) is 20.8 Å². The molecule has 0 radical (unpaired) electrons. The number of methoxy groups -OCH3 is 4. The Morgan fingerprint density at radius 2 is 1.27 bits per heavy atom. The quantitative estimate of drug-likeness (QED) is 0.171. The summed E-state index contributed by atoms with van der Waals surface area (Å²) in [5.41, 5.74) is 8.91. The molecule has 5 aromatic rings. The van der Waals surface area contributed by atoms with Gasteiger partial charge < -0.3 is 28.4 Å². The monoisotopic (exact) mass is 819 g/mol. The van der Waals surface area contributed by atoms with Crippen molar-refractivity contribution in [3.63, 3.8) is 0 Å². The van der Waals surface area contributed by atoms with Gasteiger partial charge in [-0.3, -0.25) is 14.5 Å². The summed E-state index contributed by atoms with van der Waals surface area (Å²) >= 11 is 0.